The molecule has 1 aromatic carbocycles. The second-order valence-corrected chi connectivity index (χ2v) is 4.00. The average Bonchev–Trinajstić information content (AvgIpc) is 2.26. The lowest BCUT2D eigenvalue weighted by molar-refractivity contribution is -0.110. The van der Waals surface area contributed by atoms with E-state index in [1.807, 2.05) is 31.2 Å². The van der Waals surface area contributed by atoms with Crippen molar-refractivity contribution in [1.29, 1.82) is 0 Å². The highest BCUT2D eigenvalue weighted by atomic mass is 32.2. The van der Waals surface area contributed by atoms with E-state index >= 15 is 0 Å². The molecule has 1 rings (SSSR count). The molecule has 0 spiro atoms. The van der Waals surface area contributed by atoms with Crippen molar-refractivity contribution in [1.82, 2.24) is 0 Å². The maximum absolute atomic E-state index is 11.1. The molecule has 0 saturated carbocycles. The Morgan fingerprint density at radius 2 is 2.36 bits per heavy atom. The zero-order chi connectivity index (χ0) is 10.4. The van der Waals surface area contributed by atoms with E-state index in [0.29, 0.717) is 6.42 Å². The molecule has 0 aliphatic rings. The SMILES string of the molecule is C=Cc1cccc(CSC(=O)CC)c1. The summed E-state index contributed by atoms with van der Waals surface area (Å²) in [5.41, 5.74) is 2.28. The van der Waals surface area contributed by atoms with Gasteiger partial charge in [0, 0.05) is 12.2 Å². The van der Waals surface area contributed by atoms with Gasteiger partial charge in [-0.2, -0.15) is 0 Å². The van der Waals surface area contributed by atoms with Gasteiger partial charge in [-0.3, -0.25) is 4.79 Å². The lowest BCUT2D eigenvalue weighted by Gasteiger charge is -2.00. The maximum atomic E-state index is 11.1. The van der Waals surface area contributed by atoms with E-state index in [2.05, 4.69) is 12.6 Å². The molecular weight excluding hydrogens is 192 g/mol. The molecule has 74 valence electrons. The molecule has 0 aliphatic carbocycles. The minimum absolute atomic E-state index is 0.244. The smallest absolute Gasteiger partial charge is 0.188 e. The zero-order valence-electron chi connectivity index (χ0n) is 8.32. The van der Waals surface area contributed by atoms with Crippen LogP contribution in [0.1, 0.15) is 24.5 Å². The summed E-state index contributed by atoms with van der Waals surface area (Å²) in [6.07, 6.45) is 2.42. The fraction of sp³-hybridized carbons (Fsp3) is 0.250. The Bertz CT molecular complexity index is 331. The first-order valence-electron chi connectivity index (χ1n) is 4.63. The molecule has 0 bridgehead atoms. The van der Waals surface area contributed by atoms with Crippen LogP contribution in [0.15, 0.2) is 30.8 Å². The predicted octanol–water partition coefficient (Wildman–Crippen LogP) is 3.50. The van der Waals surface area contributed by atoms with Crippen LogP contribution in [0.5, 0.6) is 0 Å². The second kappa shape index (κ2) is 5.66. The van der Waals surface area contributed by atoms with Gasteiger partial charge < -0.3 is 0 Å². The normalized spacial score (nSPS) is 9.79. The molecule has 0 heterocycles. The van der Waals surface area contributed by atoms with Crippen LogP contribution in [0.2, 0.25) is 0 Å². The van der Waals surface area contributed by atoms with E-state index in [0.717, 1.165) is 11.3 Å². The number of benzene rings is 1. The molecule has 0 fully saturated rings. The first-order chi connectivity index (χ1) is 6.76. The Kier molecular flexibility index (Phi) is 4.47. The third kappa shape index (κ3) is 3.38. The van der Waals surface area contributed by atoms with Crippen LogP contribution in [0.25, 0.3) is 6.08 Å². The molecular formula is C12H14OS. The molecule has 0 atom stereocenters. The minimum Gasteiger partial charge on any atom is -0.287 e. The number of hydrogen-bond donors (Lipinski definition) is 0. The summed E-state index contributed by atoms with van der Waals surface area (Å²) in [5.74, 6) is 0.758. The first kappa shape index (κ1) is 11.1. The fourth-order valence-corrected chi connectivity index (χ4v) is 1.79. The summed E-state index contributed by atoms with van der Waals surface area (Å²) in [6, 6.07) is 8.08. The molecule has 0 saturated heterocycles. The molecule has 0 N–H and O–H groups in total. The monoisotopic (exact) mass is 206 g/mol. The lowest BCUT2D eigenvalue weighted by Crippen LogP contribution is -1.89. The molecule has 0 aliphatic heterocycles. The van der Waals surface area contributed by atoms with E-state index in [-0.39, 0.29) is 5.12 Å². The van der Waals surface area contributed by atoms with E-state index in [1.54, 1.807) is 0 Å². The number of carbonyl (C=O) groups excluding carboxylic acids is 1. The summed E-state index contributed by atoms with van der Waals surface area (Å²) in [4.78, 5) is 11.1. The Labute approximate surface area is 89.2 Å². The van der Waals surface area contributed by atoms with E-state index in [4.69, 9.17) is 0 Å². The van der Waals surface area contributed by atoms with Gasteiger partial charge in [-0.15, -0.1) is 0 Å². The fourth-order valence-electron chi connectivity index (χ4n) is 1.08. The molecule has 2 heteroatoms. The van der Waals surface area contributed by atoms with Crippen molar-refractivity contribution in [2.45, 2.75) is 19.1 Å². The van der Waals surface area contributed by atoms with Crippen molar-refractivity contribution >= 4 is 23.0 Å². The van der Waals surface area contributed by atoms with Crippen molar-refractivity contribution in [3.63, 3.8) is 0 Å². The van der Waals surface area contributed by atoms with Crippen LogP contribution in [0, 0.1) is 0 Å². The van der Waals surface area contributed by atoms with Gasteiger partial charge in [-0.1, -0.05) is 55.6 Å². The van der Waals surface area contributed by atoms with Gasteiger partial charge in [0.15, 0.2) is 5.12 Å². The quantitative estimate of drug-likeness (QED) is 0.750. The zero-order valence-corrected chi connectivity index (χ0v) is 9.14. The number of thioether (sulfide) groups is 1. The van der Waals surface area contributed by atoms with Crippen molar-refractivity contribution in [2.24, 2.45) is 0 Å². The molecule has 0 aromatic heterocycles. The average molecular weight is 206 g/mol. The number of rotatable bonds is 4. The topological polar surface area (TPSA) is 17.1 Å². The predicted molar refractivity (Wildman–Crippen MR) is 63.1 cm³/mol. The Morgan fingerprint density at radius 3 is 3.00 bits per heavy atom. The molecule has 0 radical (unpaired) electrons. The summed E-state index contributed by atoms with van der Waals surface area (Å²) < 4.78 is 0. The van der Waals surface area contributed by atoms with Gasteiger partial charge in [-0.05, 0) is 11.1 Å². The Morgan fingerprint density at radius 1 is 1.57 bits per heavy atom. The van der Waals surface area contributed by atoms with Crippen LogP contribution in [0.3, 0.4) is 0 Å². The van der Waals surface area contributed by atoms with Crippen LogP contribution >= 0.6 is 11.8 Å². The van der Waals surface area contributed by atoms with Gasteiger partial charge in [0.25, 0.3) is 0 Å². The summed E-state index contributed by atoms with van der Waals surface area (Å²) in [6.45, 7) is 5.59. The molecule has 14 heavy (non-hydrogen) atoms. The highest BCUT2D eigenvalue weighted by Gasteiger charge is 2.00. The second-order valence-electron chi connectivity index (χ2n) is 2.96. The van der Waals surface area contributed by atoms with E-state index in [9.17, 15) is 4.79 Å². The Balaban J connectivity index is 2.58. The maximum Gasteiger partial charge on any atom is 0.188 e. The molecule has 1 aromatic rings. The van der Waals surface area contributed by atoms with Crippen LogP contribution in [0.4, 0.5) is 0 Å². The molecule has 0 amide bonds. The third-order valence-electron chi connectivity index (χ3n) is 1.88. The van der Waals surface area contributed by atoms with E-state index < -0.39 is 0 Å². The summed E-state index contributed by atoms with van der Waals surface area (Å²) >= 11 is 1.38. The molecule has 1 nitrogen and oxygen atoms in total. The Hall–Kier alpha value is -1.02. The van der Waals surface area contributed by atoms with Crippen molar-refractivity contribution in [2.75, 3.05) is 0 Å². The summed E-state index contributed by atoms with van der Waals surface area (Å²) in [5, 5.41) is 0.244. The van der Waals surface area contributed by atoms with Crippen LogP contribution < -0.4 is 0 Å². The van der Waals surface area contributed by atoms with Crippen molar-refractivity contribution in [3.05, 3.63) is 42.0 Å². The van der Waals surface area contributed by atoms with E-state index in [1.165, 1.54) is 17.3 Å². The highest BCUT2D eigenvalue weighted by Crippen LogP contribution is 2.15. The van der Waals surface area contributed by atoms with Gasteiger partial charge in [0.1, 0.15) is 0 Å². The van der Waals surface area contributed by atoms with Crippen LogP contribution in [-0.2, 0) is 10.5 Å². The first-order valence-corrected chi connectivity index (χ1v) is 5.62. The largest absolute Gasteiger partial charge is 0.287 e. The summed E-state index contributed by atoms with van der Waals surface area (Å²) in [7, 11) is 0. The molecule has 0 unspecified atom stereocenters. The van der Waals surface area contributed by atoms with Gasteiger partial charge in [0.2, 0.25) is 0 Å². The van der Waals surface area contributed by atoms with Gasteiger partial charge >= 0.3 is 0 Å². The van der Waals surface area contributed by atoms with Crippen LogP contribution in [-0.4, -0.2) is 5.12 Å². The third-order valence-corrected chi connectivity index (χ3v) is 2.96. The minimum atomic E-state index is 0.244. The van der Waals surface area contributed by atoms with Crippen molar-refractivity contribution in [3.8, 4) is 0 Å². The lowest BCUT2D eigenvalue weighted by atomic mass is 10.1. The van der Waals surface area contributed by atoms with Gasteiger partial charge in [-0.25, -0.2) is 0 Å². The standard InChI is InChI=1S/C12H14OS/c1-3-10-6-5-7-11(8-10)9-14-12(13)4-2/h3,5-8H,1,4,9H2,2H3. The highest BCUT2D eigenvalue weighted by molar-refractivity contribution is 8.12. The number of carbonyl (C=O) groups is 1. The number of hydrogen-bond acceptors (Lipinski definition) is 2. The van der Waals surface area contributed by atoms with Crippen molar-refractivity contribution < 1.29 is 4.79 Å². The van der Waals surface area contributed by atoms with Gasteiger partial charge in [0.05, 0.1) is 0 Å².